The summed E-state index contributed by atoms with van der Waals surface area (Å²) in [7, 11) is -3.72. The molecule has 0 atom stereocenters. The van der Waals surface area contributed by atoms with Crippen LogP contribution in [0.15, 0.2) is 69.8 Å². The molecule has 1 aromatic heterocycles. The summed E-state index contributed by atoms with van der Waals surface area (Å²) < 4.78 is 25.4. The van der Waals surface area contributed by atoms with Crippen LogP contribution in [0.1, 0.15) is 27.0 Å². The van der Waals surface area contributed by atoms with Crippen molar-refractivity contribution in [2.24, 2.45) is 0 Å². The highest BCUT2D eigenvalue weighted by molar-refractivity contribution is 7.93. The summed E-state index contributed by atoms with van der Waals surface area (Å²) in [4.78, 5) is 24.2. The van der Waals surface area contributed by atoms with E-state index in [0.29, 0.717) is 16.3 Å². The second-order valence-corrected chi connectivity index (χ2v) is 9.36. The molecule has 5 nitrogen and oxygen atoms in total. The normalized spacial score (nSPS) is 11.2. The summed E-state index contributed by atoms with van der Waals surface area (Å²) >= 11 is 6.67. The van der Waals surface area contributed by atoms with E-state index in [9.17, 15) is 18.0 Å². The Morgan fingerprint density at radius 1 is 1.00 bits per heavy atom. The Balaban J connectivity index is 1.83. The summed E-state index contributed by atoms with van der Waals surface area (Å²) in [5.74, 6) is -0.558. The van der Waals surface area contributed by atoms with Gasteiger partial charge in [0.25, 0.3) is 5.91 Å². The van der Waals surface area contributed by atoms with Crippen molar-refractivity contribution < 1.29 is 18.0 Å². The lowest BCUT2D eigenvalue weighted by Gasteiger charge is -2.05. The van der Waals surface area contributed by atoms with Gasteiger partial charge in [0, 0.05) is 16.3 Å². The maximum Gasteiger partial charge on any atom is 0.265 e. The second kappa shape index (κ2) is 7.64. The van der Waals surface area contributed by atoms with Gasteiger partial charge in [-0.2, -0.15) is 0 Å². The van der Waals surface area contributed by atoms with Gasteiger partial charge in [-0.15, -0.1) is 11.3 Å². The van der Waals surface area contributed by atoms with E-state index in [1.165, 1.54) is 43.3 Å². The minimum atomic E-state index is -3.72. The molecule has 0 unspecified atom stereocenters. The number of hydrogen-bond donors (Lipinski definition) is 1. The van der Waals surface area contributed by atoms with E-state index in [1.807, 2.05) is 0 Å². The molecule has 0 bridgehead atoms. The van der Waals surface area contributed by atoms with Gasteiger partial charge in [-0.3, -0.25) is 9.59 Å². The van der Waals surface area contributed by atoms with Gasteiger partial charge in [-0.25, -0.2) is 8.42 Å². The molecule has 0 fully saturated rings. The van der Waals surface area contributed by atoms with Crippen molar-refractivity contribution in [3.8, 4) is 0 Å². The molecule has 0 saturated heterocycles. The highest BCUT2D eigenvalue weighted by Gasteiger charge is 2.21. The van der Waals surface area contributed by atoms with Gasteiger partial charge >= 0.3 is 0 Å². The van der Waals surface area contributed by atoms with Crippen molar-refractivity contribution in [2.45, 2.75) is 16.0 Å². The Hall–Kier alpha value is -2.48. The maximum atomic E-state index is 12.7. The number of ketones is 1. The Bertz CT molecular complexity index is 1120. The van der Waals surface area contributed by atoms with Crippen LogP contribution >= 0.6 is 22.9 Å². The van der Waals surface area contributed by atoms with E-state index < -0.39 is 15.7 Å². The van der Waals surface area contributed by atoms with Gasteiger partial charge < -0.3 is 5.32 Å². The van der Waals surface area contributed by atoms with Gasteiger partial charge in [0.2, 0.25) is 9.84 Å². The minimum Gasteiger partial charge on any atom is -0.321 e. The van der Waals surface area contributed by atoms with Gasteiger partial charge in [0.15, 0.2) is 5.78 Å². The zero-order valence-corrected chi connectivity index (χ0v) is 16.5. The molecule has 8 heteroatoms. The fraction of sp³-hybridized carbons (Fsp3) is 0.0526. The number of Topliss-reactive ketones (excluding diaryl/α,β-unsaturated/α-hetero) is 1. The van der Waals surface area contributed by atoms with Crippen molar-refractivity contribution in [2.75, 3.05) is 5.32 Å². The molecule has 3 rings (SSSR count). The third kappa shape index (κ3) is 4.27. The van der Waals surface area contributed by atoms with Crippen LogP contribution in [0.3, 0.4) is 0 Å². The molecule has 1 heterocycles. The number of anilines is 1. The molecule has 0 aliphatic carbocycles. The molecule has 3 aromatic rings. The summed E-state index contributed by atoms with van der Waals surface area (Å²) in [5.41, 5.74) is 0.938. The number of sulfone groups is 1. The van der Waals surface area contributed by atoms with Gasteiger partial charge in [-0.1, -0.05) is 23.7 Å². The molecular formula is C19H14ClNO4S2. The molecule has 138 valence electrons. The highest BCUT2D eigenvalue weighted by atomic mass is 35.5. The van der Waals surface area contributed by atoms with Crippen molar-refractivity contribution in [3.63, 3.8) is 0 Å². The lowest BCUT2D eigenvalue weighted by molar-refractivity contribution is 0.101. The summed E-state index contributed by atoms with van der Waals surface area (Å²) in [5, 5.41) is 3.11. The Morgan fingerprint density at radius 2 is 1.70 bits per heavy atom. The smallest absolute Gasteiger partial charge is 0.265 e. The third-order valence-electron chi connectivity index (χ3n) is 3.72. The average Bonchev–Trinajstić information content (AvgIpc) is 3.13. The predicted molar refractivity (Wildman–Crippen MR) is 106 cm³/mol. The first kappa shape index (κ1) is 19.3. The Labute approximate surface area is 165 Å². The first-order valence-electron chi connectivity index (χ1n) is 7.80. The first-order chi connectivity index (χ1) is 12.8. The van der Waals surface area contributed by atoms with Crippen LogP contribution in [0, 0.1) is 0 Å². The minimum absolute atomic E-state index is 0.0625. The zero-order chi connectivity index (χ0) is 19.6. The molecule has 2 aromatic carbocycles. The number of carbonyl (C=O) groups excluding carboxylic acids is 2. The van der Waals surface area contributed by atoms with Gasteiger partial charge in [0.1, 0.15) is 4.21 Å². The fourth-order valence-electron chi connectivity index (χ4n) is 2.33. The molecule has 1 amide bonds. The number of amides is 1. The number of carbonyl (C=O) groups is 2. The summed E-state index contributed by atoms with van der Waals surface area (Å²) in [6.45, 7) is 1.44. The average molecular weight is 420 g/mol. The van der Waals surface area contributed by atoms with Gasteiger partial charge in [-0.05, 0) is 55.5 Å². The SMILES string of the molecule is CC(=O)c1cccc(NC(=O)c2ccc(S(=O)(=O)c3ccc(Cl)cc3)s2)c1. The van der Waals surface area contributed by atoms with E-state index in [-0.39, 0.29) is 19.8 Å². The van der Waals surface area contributed by atoms with Crippen molar-refractivity contribution in [3.05, 3.63) is 76.1 Å². The number of thiophene rings is 1. The van der Waals surface area contributed by atoms with Crippen LogP contribution in [0.4, 0.5) is 5.69 Å². The van der Waals surface area contributed by atoms with Crippen molar-refractivity contribution in [1.29, 1.82) is 0 Å². The molecule has 0 spiro atoms. The monoisotopic (exact) mass is 419 g/mol. The molecule has 0 aliphatic rings. The van der Waals surface area contributed by atoms with Crippen molar-refractivity contribution >= 4 is 50.2 Å². The lowest BCUT2D eigenvalue weighted by Crippen LogP contribution is -2.10. The van der Waals surface area contributed by atoms with E-state index >= 15 is 0 Å². The van der Waals surface area contributed by atoms with Crippen LogP contribution in [0.5, 0.6) is 0 Å². The van der Waals surface area contributed by atoms with E-state index in [0.717, 1.165) is 11.3 Å². The fourth-order valence-corrected chi connectivity index (χ4v) is 5.05. The van der Waals surface area contributed by atoms with Crippen LogP contribution in [0.25, 0.3) is 0 Å². The Morgan fingerprint density at radius 3 is 2.37 bits per heavy atom. The van der Waals surface area contributed by atoms with E-state index in [1.54, 1.807) is 24.3 Å². The topological polar surface area (TPSA) is 80.3 Å². The lowest BCUT2D eigenvalue weighted by atomic mass is 10.1. The maximum absolute atomic E-state index is 12.7. The predicted octanol–water partition coefficient (Wildman–Crippen LogP) is 4.69. The standard InChI is InChI=1S/C19H14ClNO4S2/c1-12(22)13-3-2-4-15(11-13)21-19(23)17-9-10-18(26-17)27(24,25)16-7-5-14(20)6-8-16/h2-11H,1H3,(H,21,23). The number of halogens is 1. The number of benzene rings is 2. The molecule has 0 saturated carbocycles. The summed E-state index contributed by atoms with van der Waals surface area (Å²) in [6.07, 6.45) is 0. The van der Waals surface area contributed by atoms with Crippen LogP contribution < -0.4 is 5.32 Å². The third-order valence-corrected chi connectivity index (χ3v) is 7.32. The molecule has 1 N–H and O–H groups in total. The largest absolute Gasteiger partial charge is 0.321 e. The van der Waals surface area contributed by atoms with Gasteiger partial charge in [0.05, 0.1) is 9.77 Å². The second-order valence-electron chi connectivity index (χ2n) is 5.67. The first-order valence-corrected chi connectivity index (χ1v) is 10.5. The molecule has 27 heavy (non-hydrogen) atoms. The zero-order valence-electron chi connectivity index (χ0n) is 14.1. The molecule has 0 aliphatic heterocycles. The highest BCUT2D eigenvalue weighted by Crippen LogP contribution is 2.29. The van der Waals surface area contributed by atoms with Crippen LogP contribution in [-0.4, -0.2) is 20.1 Å². The Kier molecular flexibility index (Phi) is 5.46. The molecule has 0 radical (unpaired) electrons. The van der Waals surface area contributed by atoms with Crippen LogP contribution in [0.2, 0.25) is 5.02 Å². The van der Waals surface area contributed by atoms with Crippen molar-refractivity contribution in [1.82, 2.24) is 0 Å². The van der Waals surface area contributed by atoms with Crippen LogP contribution in [-0.2, 0) is 9.84 Å². The van der Waals surface area contributed by atoms with E-state index in [2.05, 4.69) is 5.32 Å². The number of rotatable bonds is 5. The number of hydrogen-bond acceptors (Lipinski definition) is 5. The quantitative estimate of drug-likeness (QED) is 0.608. The molecular weight excluding hydrogens is 406 g/mol. The summed E-state index contributed by atoms with van der Waals surface area (Å²) in [6, 6.07) is 15.2. The van der Waals surface area contributed by atoms with E-state index in [4.69, 9.17) is 11.6 Å². The number of nitrogens with one attached hydrogen (secondary N) is 1.